The largest absolute Gasteiger partial charge is 0.321 e. The van der Waals surface area contributed by atoms with E-state index in [1.165, 1.54) is 0 Å². The van der Waals surface area contributed by atoms with Gasteiger partial charge >= 0.3 is 0 Å². The molecule has 0 saturated carbocycles. The smallest absolute Gasteiger partial charge is 0.146 e. The van der Waals surface area contributed by atoms with Crippen molar-refractivity contribution in [3.63, 3.8) is 0 Å². The Bertz CT molecular complexity index is 132. The molecule has 2 atom stereocenters. The van der Waals surface area contributed by atoms with Crippen molar-refractivity contribution >= 4 is 5.78 Å². The van der Waals surface area contributed by atoms with Crippen LogP contribution in [-0.2, 0) is 4.79 Å². The van der Waals surface area contributed by atoms with E-state index in [-0.39, 0.29) is 11.8 Å². The van der Waals surface area contributed by atoms with E-state index in [0.717, 1.165) is 6.42 Å². The van der Waals surface area contributed by atoms with Crippen molar-refractivity contribution in [1.29, 1.82) is 0 Å². The number of ketones is 1. The highest BCUT2D eigenvalue weighted by Gasteiger charge is 2.17. The molecule has 0 aromatic rings. The lowest BCUT2D eigenvalue weighted by molar-refractivity contribution is -0.119. The molecule has 0 heterocycles. The molecule has 0 aromatic carbocycles. The van der Waals surface area contributed by atoms with Crippen LogP contribution in [-0.4, -0.2) is 11.8 Å². The van der Waals surface area contributed by atoms with E-state index in [1.54, 1.807) is 6.92 Å². The molecule has 0 saturated heterocycles. The van der Waals surface area contributed by atoms with Gasteiger partial charge in [-0.3, -0.25) is 4.79 Å². The Kier molecular flexibility index (Phi) is 4.34. The number of hydrogen-bond donors (Lipinski definition) is 1. The minimum atomic E-state index is -0.266. The number of Topliss-reactive ketones (excluding diaryl/α,β-unsaturated/α-hetero) is 1. The molecule has 11 heavy (non-hydrogen) atoms. The van der Waals surface area contributed by atoms with Gasteiger partial charge in [0.1, 0.15) is 5.78 Å². The third-order valence-electron chi connectivity index (χ3n) is 1.93. The van der Waals surface area contributed by atoms with Crippen LogP contribution in [0.5, 0.6) is 0 Å². The summed E-state index contributed by atoms with van der Waals surface area (Å²) in [4.78, 5) is 10.8. The summed E-state index contributed by atoms with van der Waals surface area (Å²) in [5, 5.41) is 0. The van der Waals surface area contributed by atoms with Crippen molar-refractivity contribution in [3.8, 4) is 0 Å². The Morgan fingerprint density at radius 3 is 2.09 bits per heavy atom. The normalized spacial score (nSPS) is 16.5. The quantitative estimate of drug-likeness (QED) is 0.673. The summed E-state index contributed by atoms with van der Waals surface area (Å²) in [6.07, 6.45) is 1.03. The van der Waals surface area contributed by atoms with Crippen LogP contribution in [0.15, 0.2) is 0 Å². The molecule has 2 N–H and O–H groups in total. The van der Waals surface area contributed by atoms with E-state index in [1.807, 2.05) is 6.92 Å². The molecule has 66 valence electrons. The minimum Gasteiger partial charge on any atom is -0.321 e. The predicted molar refractivity (Wildman–Crippen MR) is 47.3 cm³/mol. The maximum Gasteiger partial charge on any atom is 0.146 e. The van der Waals surface area contributed by atoms with Gasteiger partial charge in [0, 0.05) is 0 Å². The zero-order valence-electron chi connectivity index (χ0n) is 7.92. The van der Waals surface area contributed by atoms with Crippen molar-refractivity contribution in [2.24, 2.45) is 17.6 Å². The molecule has 0 amide bonds. The summed E-state index contributed by atoms with van der Waals surface area (Å²) in [5.41, 5.74) is 5.66. The Morgan fingerprint density at radius 1 is 1.36 bits per heavy atom. The zero-order chi connectivity index (χ0) is 9.02. The first-order valence-corrected chi connectivity index (χ1v) is 4.21. The average molecular weight is 157 g/mol. The van der Waals surface area contributed by atoms with Crippen LogP contribution in [0, 0.1) is 11.8 Å². The standard InChI is InChI=1S/C9H19NO/c1-6(2)5-7(3)9(10)8(4)11/h6-7,9H,5,10H2,1-4H3/t7-,9-/m1/s1. The number of carbonyl (C=O) groups excluding carboxylic acids is 1. The Hall–Kier alpha value is -0.370. The Labute approximate surface area is 69.2 Å². The second kappa shape index (κ2) is 4.50. The fourth-order valence-electron chi connectivity index (χ4n) is 1.29. The lowest BCUT2D eigenvalue weighted by atomic mass is 9.91. The maximum absolute atomic E-state index is 10.8. The van der Waals surface area contributed by atoms with Crippen LogP contribution in [0.2, 0.25) is 0 Å². The number of rotatable bonds is 4. The first-order valence-electron chi connectivity index (χ1n) is 4.21. The Morgan fingerprint density at radius 2 is 1.82 bits per heavy atom. The highest BCUT2D eigenvalue weighted by Crippen LogP contribution is 2.13. The summed E-state index contributed by atoms with van der Waals surface area (Å²) in [7, 11) is 0. The molecular formula is C9H19NO. The summed E-state index contributed by atoms with van der Waals surface area (Å²) >= 11 is 0. The fourth-order valence-corrected chi connectivity index (χ4v) is 1.29. The molecule has 0 bridgehead atoms. The van der Waals surface area contributed by atoms with Gasteiger partial charge in [-0.15, -0.1) is 0 Å². The third-order valence-corrected chi connectivity index (χ3v) is 1.93. The van der Waals surface area contributed by atoms with Crippen molar-refractivity contribution in [2.45, 2.75) is 40.2 Å². The highest BCUT2D eigenvalue weighted by molar-refractivity contribution is 5.81. The topological polar surface area (TPSA) is 43.1 Å². The molecular weight excluding hydrogens is 138 g/mol. The van der Waals surface area contributed by atoms with Crippen molar-refractivity contribution in [1.82, 2.24) is 0 Å². The van der Waals surface area contributed by atoms with E-state index in [9.17, 15) is 4.79 Å². The van der Waals surface area contributed by atoms with Crippen LogP contribution >= 0.6 is 0 Å². The number of carbonyl (C=O) groups is 1. The predicted octanol–water partition coefficient (Wildman–Crippen LogP) is 1.58. The van der Waals surface area contributed by atoms with E-state index in [2.05, 4.69) is 13.8 Å². The van der Waals surface area contributed by atoms with Gasteiger partial charge in [0.2, 0.25) is 0 Å². The van der Waals surface area contributed by atoms with Crippen LogP contribution in [0.25, 0.3) is 0 Å². The van der Waals surface area contributed by atoms with E-state index >= 15 is 0 Å². The molecule has 0 aliphatic carbocycles. The molecule has 2 nitrogen and oxygen atoms in total. The van der Waals surface area contributed by atoms with E-state index in [0.29, 0.717) is 11.8 Å². The van der Waals surface area contributed by atoms with Gasteiger partial charge in [0.25, 0.3) is 0 Å². The minimum absolute atomic E-state index is 0.0955. The molecule has 0 aliphatic rings. The van der Waals surface area contributed by atoms with Gasteiger partial charge < -0.3 is 5.73 Å². The number of nitrogens with two attached hydrogens (primary N) is 1. The molecule has 0 aromatic heterocycles. The van der Waals surface area contributed by atoms with Crippen LogP contribution in [0.1, 0.15) is 34.1 Å². The molecule has 0 spiro atoms. The van der Waals surface area contributed by atoms with Gasteiger partial charge in [-0.1, -0.05) is 20.8 Å². The molecule has 0 radical (unpaired) electrons. The monoisotopic (exact) mass is 157 g/mol. The van der Waals surface area contributed by atoms with Crippen LogP contribution in [0.3, 0.4) is 0 Å². The molecule has 0 aliphatic heterocycles. The van der Waals surface area contributed by atoms with Gasteiger partial charge in [0.15, 0.2) is 0 Å². The second-order valence-electron chi connectivity index (χ2n) is 3.74. The van der Waals surface area contributed by atoms with E-state index in [4.69, 9.17) is 5.73 Å². The first-order chi connectivity index (χ1) is 4.95. The van der Waals surface area contributed by atoms with E-state index < -0.39 is 0 Å². The molecule has 0 rings (SSSR count). The fraction of sp³-hybridized carbons (Fsp3) is 0.889. The molecule has 2 heteroatoms. The SMILES string of the molecule is CC(=O)[C@H](N)[C@H](C)CC(C)C. The molecule has 0 unspecified atom stereocenters. The summed E-state index contributed by atoms with van der Waals surface area (Å²) in [6.45, 7) is 7.88. The summed E-state index contributed by atoms with van der Waals surface area (Å²) < 4.78 is 0. The van der Waals surface area contributed by atoms with Gasteiger partial charge in [-0.25, -0.2) is 0 Å². The lowest BCUT2D eigenvalue weighted by Gasteiger charge is -2.18. The van der Waals surface area contributed by atoms with Crippen molar-refractivity contribution in [2.75, 3.05) is 0 Å². The van der Waals surface area contributed by atoms with Crippen LogP contribution < -0.4 is 5.73 Å². The zero-order valence-corrected chi connectivity index (χ0v) is 7.92. The van der Waals surface area contributed by atoms with Crippen molar-refractivity contribution < 1.29 is 4.79 Å². The second-order valence-corrected chi connectivity index (χ2v) is 3.74. The van der Waals surface area contributed by atoms with Crippen molar-refractivity contribution in [3.05, 3.63) is 0 Å². The average Bonchev–Trinajstić information content (AvgIpc) is 1.84. The first kappa shape index (κ1) is 10.6. The van der Waals surface area contributed by atoms with Crippen LogP contribution in [0.4, 0.5) is 0 Å². The Balaban J connectivity index is 3.82. The summed E-state index contributed by atoms with van der Waals surface area (Å²) in [5.74, 6) is 1.03. The van der Waals surface area contributed by atoms with Gasteiger partial charge in [-0.05, 0) is 25.2 Å². The number of hydrogen-bond acceptors (Lipinski definition) is 2. The maximum atomic E-state index is 10.8. The summed E-state index contributed by atoms with van der Waals surface area (Å²) in [6, 6.07) is -0.266. The third kappa shape index (κ3) is 4.14. The van der Waals surface area contributed by atoms with Gasteiger partial charge in [-0.2, -0.15) is 0 Å². The highest BCUT2D eigenvalue weighted by atomic mass is 16.1. The van der Waals surface area contributed by atoms with Gasteiger partial charge in [0.05, 0.1) is 6.04 Å². The molecule has 0 fully saturated rings. The lowest BCUT2D eigenvalue weighted by Crippen LogP contribution is -2.35.